The lowest BCUT2D eigenvalue weighted by Gasteiger charge is -2.26. The second kappa shape index (κ2) is 4.73. The Morgan fingerprint density at radius 1 is 1.12 bits per heavy atom. The van der Waals surface area contributed by atoms with Gasteiger partial charge in [-0.3, -0.25) is 0 Å². The van der Waals surface area contributed by atoms with Crippen LogP contribution in [-0.4, -0.2) is 25.8 Å². The van der Waals surface area contributed by atoms with E-state index >= 15 is 0 Å². The van der Waals surface area contributed by atoms with Gasteiger partial charge in [0.2, 0.25) is 10.0 Å². The predicted molar refractivity (Wildman–Crippen MR) is 63.7 cm³/mol. The lowest BCUT2D eigenvalue weighted by atomic mass is 10.2. The number of nitrogens with zero attached hydrogens (tertiary/aromatic N) is 1. The second-order valence-corrected chi connectivity index (χ2v) is 6.01. The first kappa shape index (κ1) is 11.9. The van der Waals surface area contributed by atoms with Crippen LogP contribution in [0.3, 0.4) is 0 Å². The Morgan fingerprint density at radius 2 is 1.75 bits per heavy atom. The zero-order valence-electron chi connectivity index (χ0n) is 8.77. The van der Waals surface area contributed by atoms with Gasteiger partial charge in [0, 0.05) is 13.1 Å². The molecule has 0 atom stereocenters. The van der Waals surface area contributed by atoms with Crippen molar-refractivity contribution in [2.75, 3.05) is 13.1 Å². The lowest BCUT2D eigenvalue weighted by Crippen LogP contribution is -2.35. The smallest absolute Gasteiger partial charge is 0.207 e. The monoisotopic (exact) mass is 258 g/mol. The molecule has 1 aromatic carbocycles. The van der Waals surface area contributed by atoms with E-state index in [0.29, 0.717) is 13.1 Å². The van der Waals surface area contributed by atoms with Crippen LogP contribution in [0.1, 0.15) is 12.8 Å². The normalized spacial score (nSPS) is 18.6. The van der Waals surface area contributed by atoms with Gasteiger partial charge in [-0.1, -0.05) is 23.7 Å². The Bertz CT molecular complexity index is 467. The highest BCUT2D eigenvalue weighted by Crippen LogP contribution is 2.25. The molecular formula is C11H13ClNO2S. The average molecular weight is 259 g/mol. The molecule has 2 rings (SSSR count). The topological polar surface area (TPSA) is 37.4 Å². The molecule has 0 aromatic heterocycles. The summed E-state index contributed by atoms with van der Waals surface area (Å²) >= 11 is 5.91. The van der Waals surface area contributed by atoms with E-state index in [1.807, 2.05) is 0 Å². The number of hydrogen-bond acceptors (Lipinski definition) is 2. The third-order valence-corrected chi connectivity index (χ3v) is 5.02. The van der Waals surface area contributed by atoms with Gasteiger partial charge < -0.3 is 0 Å². The number of sulfonamides is 1. The summed E-state index contributed by atoms with van der Waals surface area (Å²) in [6, 6.07) is 6.57. The van der Waals surface area contributed by atoms with Gasteiger partial charge in [-0.25, -0.2) is 8.42 Å². The maximum atomic E-state index is 12.2. The van der Waals surface area contributed by atoms with E-state index in [4.69, 9.17) is 11.6 Å². The summed E-state index contributed by atoms with van der Waals surface area (Å²) in [6.45, 7) is 1.10. The minimum atomic E-state index is -3.41. The van der Waals surface area contributed by atoms with Crippen molar-refractivity contribution in [1.29, 1.82) is 0 Å². The molecule has 0 saturated carbocycles. The number of benzene rings is 1. The Balaban J connectivity index is 2.35. The van der Waals surface area contributed by atoms with Crippen LogP contribution in [0.2, 0.25) is 5.02 Å². The number of rotatable bonds is 2. The third kappa shape index (κ3) is 2.24. The molecule has 3 nitrogen and oxygen atoms in total. The van der Waals surface area contributed by atoms with Crippen LogP contribution in [0.25, 0.3) is 0 Å². The molecule has 1 heterocycles. The summed E-state index contributed by atoms with van der Waals surface area (Å²) in [6.07, 6.45) is 3.73. The molecule has 1 aromatic rings. The molecule has 0 aliphatic carbocycles. The second-order valence-electron chi connectivity index (χ2n) is 3.70. The molecule has 0 N–H and O–H groups in total. The summed E-state index contributed by atoms with van der Waals surface area (Å²) in [5.74, 6) is 0. The third-order valence-electron chi connectivity index (χ3n) is 2.62. The van der Waals surface area contributed by atoms with Crippen LogP contribution >= 0.6 is 11.6 Å². The van der Waals surface area contributed by atoms with Crippen molar-refractivity contribution in [3.63, 3.8) is 0 Å². The summed E-state index contributed by atoms with van der Waals surface area (Å²) < 4.78 is 26.0. The molecule has 1 aliphatic heterocycles. The van der Waals surface area contributed by atoms with E-state index < -0.39 is 10.0 Å². The summed E-state index contributed by atoms with van der Waals surface area (Å²) in [5, 5.41) is 0.289. The quantitative estimate of drug-likeness (QED) is 0.817. The minimum absolute atomic E-state index is 0.207. The van der Waals surface area contributed by atoms with Gasteiger partial charge in [-0.05, 0) is 31.4 Å². The van der Waals surface area contributed by atoms with Gasteiger partial charge in [0.15, 0.2) is 0 Å². The highest BCUT2D eigenvalue weighted by molar-refractivity contribution is 7.89. The van der Waals surface area contributed by atoms with Crippen molar-refractivity contribution >= 4 is 21.6 Å². The highest BCUT2D eigenvalue weighted by Gasteiger charge is 2.27. The van der Waals surface area contributed by atoms with E-state index in [2.05, 4.69) is 6.42 Å². The molecule has 0 unspecified atom stereocenters. The Morgan fingerprint density at radius 3 is 2.38 bits per heavy atom. The fraction of sp³-hybridized carbons (Fsp3) is 0.364. The van der Waals surface area contributed by atoms with Gasteiger partial charge in [-0.2, -0.15) is 4.31 Å². The van der Waals surface area contributed by atoms with Gasteiger partial charge >= 0.3 is 0 Å². The Labute approximate surface area is 101 Å². The van der Waals surface area contributed by atoms with Crippen LogP contribution in [0.15, 0.2) is 29.2 Å². The molecule has 0 bridgehead atoms. The Hall–Kier alpha value is -0.580. The maximum absolute atomic E-state index is 12.2. The summed E-state index contributed by atoms with van der Waals surface area (Å²) in [5.41, 5.74) is 0. The molecule has 16 heavy (non-hydrogen) atoms. The average Bonchev–Trinajstić information content (AvgIpc) is 2.30. The van der Waals surface area contributed by atoms with Crippen LogP contribution in [0, 0.1) is 6.42 Å². The van der Waals surface area contributed by atoms with E-state index in [1.165, 1.54) is 4.31 Å². The van der Waals surface area contributed by atoms with Crippen LogP contribution < -0.4 is 0 Å². The Kier molecular flexibility index (Phi) is 3.52. The summed E-state index contributed by atoms with van der Waals surface area (Å²) in [7, 11) is -3.41. The largest absolute Gasteiger partial charge is 0.244 e. The number of piperidine rings is 1. The number of halogens is 1. The van der Waals surface area contributed by atoms with Crippen molar-refractivity contribution in [2.45, 2.75) is 17.7 Å². The minimum Gasteiger partial charge on any atom is -0.207 e. The molecule has 5 heteroatoms. The van der Waals surface area contributed by atoms with E-state index in [1.54, 1.807) is 24.3 Å². The van der Waals surface area contributed by atoms with Crippen LogP contribution in [-0.2, 0) is 10.0 Å². The van der Waals surface area contributed by atoms with E-state index in [-0.39, 0.29) is 9.92 Å². The van der Waals surface area contributed by atoms with Gasteiger partial charge in [0.25, 0.3) is 0 Å². The molecule has 0 spiro atoms. The van der Waals surface area contributed by atoms with Crippen molar-refractivity contribution in [3.8, 4) is 0 Å². The zero-order chi connectivity index (χ0) is 11.6. The lowest BCUT2D eigenvalue weighted by molar-refractivity contribution is 0.384. The van der Waals surface area contributed by atoms with E-state index in [0.717, 1.165) is 12.8 Å². The van der Waals surface area contributed by atoms with Crippen LogP contribution in [0.4, 0.5) is 0 Å². The van der Waals surface area contributed by atoms with Crippen molar-refractivity contribution < 1.29 is 8.42 Å². The van der Waals surface area contributed by atoms with Crippen LogP contribution in [0.5, 0.6) is 0 Å². The zero-order valence-corrected chi connectivity index (χ0v) is 10.3. The first-order valence-electron chi connectivity index (χ1n) is 5.19. The SMILES string of the molecule is O=S(=O)(c1ccccc1Cl)N1CC[CH]CC1. The summed E-state index contributed by atoms with van der Waals surface area (Å²) in [4.78, 5) is 0.207. The fourth-order valence-electron chi connectivity index (χ4n) is 1.76. The standard InChI is InChI=1S/C11H13ClNO2S/c12-10-6-2-3-7-11(10)16(14,15)13-8-4-1-5-9-13/h1-3,6-7H,4-5,8-9H2. The van der Waals surface area contributed by atoms with Crippen molar-refractivity contribution in [2.24, 2.45) is 0 Å². The molecule has 1 radical (unpaired) electrons. The first-order valence-corrected chi connectivity index (χ1v) is 7.00. The fourth-order valence-corrected chi connectivity index (χ4v) is 3.72. The maximum Gasteiger partial charge on any atom is 0.244 e. The number of hydrogen-bond donors (Lipinski definition) is 0. The predicted octanol–water partition coefficient (Wildman–Crippen LogP) is 2.33. The van der Waals surface area contributed by atoms with Gasteiger partial charge in [-0.15, -0.1) is 0 Å². The molecule has 1 fully saturated rings. The first-order chi connectivity index (χ1) is 7.62. The molecular weight excluding hydrogens is 246 g/mol. The molecule has 0 amide bonds. The molecule has 1 aliphatic rings. The van der Waals surface area contributed by atoms with Gasteiger partial charge in [0.1, 0.15) is 4.90 Å². The molecule has 1 saturated heterocycles. The van der Waals surface area contributed by atoms with Crippen molar-refractivity contribution in [3.05, 3.63) is 35.7 Å². The van der Waals surface area contributed by atoms with E-state index in [9.17, 15) is 8.42 Å². The highest BCUT2D eigenvalue weighted by atomic mass is 35.5. The molecule has 87 valence electrons. The van der Waals surface area contributed by atoms with Gasteiger partial charge in [0.05, 0.1) is 5.02 Å². The van der Waals surface area contributed by atoms with Crippen molar-refractivity contribution in [1.82, 2.24) is 4.31 Å².